The van der Waals surface area contributed by atoms with Crippen LogP contribution < -0.4 is 16.0 Å². The first-order chi connectivity index (χ1) is 25.5. The number of rotatable bonds is 35. The first-order valence-electron chi connectivity index (χ1n) is 19.9. The van der Waals surface area contributed by atoms with Crippen LogP contribution in [0.1, 0.15) is 101 Å². The summed E-state index contributed by atoms with van der Waals surface area (Å²) >= 11 is 0. The molecule has 14 nitrogen and oxygen atoms in total. The molecular formula is C40H79N3O11. The quantitative estimate of drug-likeness (QED) is 0.0787. The van der Waals surface area contributed by atoms with E-state index in [0.29, 0.717) is 79.2 Å². The molecular weight excluding hydrogens is 698 g/mol. The lowest BCUT2D eigenvalue weighted by atomic mass is 9.93. The van der Waals surface area contributed by atoms with E-state index in [1.54, 1.807) is 0 Å². The summed E-state index contributed by atoms with van der Waals surface area (Å²) in [5.74, 6) is -0.496. The lowest BCUT2D eigenvalue weighted by Gasteiger charge is -2.19. The van der Waals surface area contributed by atoms with Gasteiger partial charge >= 0.3 is 0 Å². The van der Waals surface area contributed by atoms with Crippen LogP contribution in [0.25, 0.3) is 0 Å². The second kappa shape index (κ2) is 32.2. The molecule has 3 amide bonds. The minimum atomic E-state index is -0.469. The van der Waals surface area contributed by atoms with E-state index in [9.17, 15) is 14.4 Å². The van der Waals surface area contributed by atoms with E-state index in [1.807, 2.05) is 0 Å². The summed E-state index contributed by atoms with van der Waals surface area (Å²) in [5.41, 5.74) is 0.682. The number of hydrogen-bond acceptors (Lipinski definition) is 11. The third kappa shape index (κ3) is 41.3. The molecule has 0 aromatic rings. The first kappa shape index (κ1) is 52.1. The van der Waals surface area contributed by atoms with Gasteiger partial charge in [0.15, 0.2) is 0 Å². The van der Waals surface area contributed by atoms with Crippen molar-refractivity contribution in [2.75, 3.05) is 119 Å². The van der Waals surface area contributed by atoms with Crippen LogP contribution in [0.4, 0.5) is 0 Å². The maximum atomic E-state index is 12.7. The minimum Gasteiger partial charge on any atom is -0.380 e. The van der Waals surface area contributed by atoms with Crippen molar-refractivity contribution in [2.24, 2.45) is 16.2 Å². The normalized spacial score (nSPS) is 12.3. The molecule has 0 atom stereocenters. The summed E-state index contributed by atoms with van der Waals surface area (Å²) in [6.45, 7) is 27.0. The molecule has 0 spiro atoms. The third-order valence-electron chi connectivity index (χ3n) is 7.67. The van der Waals surface area contributed by atoms with Crippen molar-refractivity contribution < 1.29 is 52.3 Å². The van der Waals surface area contributed by atoms with Gasteiger partial charge in [-0.05, 0) is 35.5 Å². The number of carbonyl (C=O) groups is 3. The number of ether oxygens (including phenoxy) is 8. The maximum Gasteiger partial charge on any atom is 0.222 e. The predicted octanol–water partition coefficient (Wildman–Crippen LogP) is 4.32. The zero-order valence-corrected chi connectivity index (χ0v) is 35.5. The molecule has 0 rings (SSSR count). The largest absolute Gasteiger partial charge is 0.380 e. The molecule has 0 aliphatic heterocycles. The summed E-state index contributed by atoms with van der Waals surface area (Å²) in [4.78, 5) is 37.1. The molecule has 54 heavy (non-hydrogen) atoms. The summed E-state index contributed by atoms with van der Waals surface area (Å²) in [6.07, 6.45) is 3.41. The van der Waals surface area contributed by atoms with Crippen LogP contribution in [0.5, 0.6) is 0 Å². The molecule has 0 aromatic heterocycles. The zero-order valence-electron chi connectivity index (χ0n) is 35.5. The van der Waals surface area contributed by atoms with E-state index in [0.717, 1.165) is 25.9 Å². The van der Waals surface area contributed by atoms with E-state index >= 15 is 0 Å². The molecule has 0 aliphatic rings. The zero-order chi connectivity index (χ0) is 40.6. The van der Waals surface area contributed by atoms with Gasteiger partial charge in [0, 0.05) is 52.2 Å². The Labute approximate surface area is 327 Å². The average molecular weight is 778 g/mol. The van der Waals surface area contributed by atoms with Crippen molar-refractivity contribution in [3.8, 4) is 0 Å². The number of carbonyl (C=O) groups excluding carboxylic acids is 3. The Kier molecular flexibility index (Phi) is 31.1. The van der Waals surface area contributed by atoms with Crippen LogP contribution in [0, 0.1) is 16.2 Å². The summed E-state index contributed by atoms with van der Waals surface area (Å²) < 4.78 is 44.8. The van der Waals surface area contributed by atoms with Crippen molar-refractivity contribution in [2.45, 2.75) is 107 Å². The third-order valence-corrected chi connectivity index (χ3v) is 7.67. The highest BCUT2D eigenvalue weighted by molar-refractivity contribution is 5.76. The van der Waals surface area contributed by atoms with E-state index in [4.69, 9.17) is 37.9 Å². The molecule has 0 fully saturated rings. The number of amides is 3. The highest BCUT2D eigenvalue weighted by Gasteiger charge is 2.15. The smallest absolute Gasteiger partial charge is 0.222 e. The Bertz CT molecular complexity index is 888. The highest BCUT2D eigenvalue weighted by atomic mass is 16.6. The van der Waals surface area contributed by atoms with Crippen LogP contribution in [-0.4, -0.2) is 143 Å². The van der Waals surface area contributed by atoms with Crippen molar-refractivity contribution in [1.82, 2.24) is 16.0 Å². The standard InChI is InChI=1S/C40H79N3O11/c1-38(2,3)13-21-48-24-16-41-35(44)10-19-53-32-34(33-54-20-11-36(45)42-17-25-49-22-14-39(4,5)6)43-37(46)12-18-47-26-28-51-30-31-52-29-27-50-23-15-40(7,8)9/h34H,10-33H2,1-9H3,(H,41,44)(H,42,45)(H,43,46). The Morgan fingerprint density at radius 1 is 0.389 bits per heavy atom. The van der Waals surface area contributed by atoms with Crippen molar-refractivity contribution in [3.05, 3.63) is 0 Å². The lowest BCUT2D eigenvalue weighted by Crippen LogP contribution is -2.42. The second-order valence-corrected chi connectivity index (χ2v) is 17.0. The van der Waals surface area contributed by atoms with Crippen molar-refractivity contribution in [3.63, 3.8) is 0 Å². The molecule has 0 saturated carbocycles. The summed E-state index contributed by atoms with van der Waals surface area (Å²) in [5, 5.41) is 8.57. The van der Waals surface area contributed by atoms with Gasteiger partial charge in [-0.2, -0.15) is 0 Å². The fourth-order valence-electron chi connectivity index (χ4n) is 4.18. The minimum absolute atomic E-state index is 0.137. The maximum absolute atomic E-state index is 12.7. The topological polar surface area (TPSA) is 161 Å². The first-order valence-corrected chi connectivity index (χ1v) is 19.9. The monoisotopic (exact) mass is 778 g/mol. The molecule has 0 bridgehead atoms. The second-order valence-electron chi connectivity index (χ2n) is 17.0. The Hall–Kier alpha value is -1.91. The van der Waals surface area contributed by atoms with Gasteiger partial charge in [0.1, 0.15) is 0 Å². The molecule has 0 aromatic carbocycles. The van der Waals surface area contributed by atoms with E-state index in [1.165, 1.54) is 0 Å². The van der Waals surface area contributed by atoms with Gasteiger partial charge in [0.05, 0.1) is 91.9 Å². The molecule has 0 unspecified atom stereocenters. The van der Waals surface area contributed by atoms with Crippen LogP contribution >= 0.6 is 0 Å². The lowest BCUT2D eigenvalue weighted by molar-refractivity contribution is -0.126. The Morgan fingerprint density at radius 3 is 1.06 bits per heavy atom. The van der Waals surface area contributed by atoms with Gasteiger partial charge in [0.25, 0.3) is 0 Å². The van der Waals surface area contributed by atoms with Crippen LogP contribution in [0.15, 0.2) is 0 Å². The van der Waals surface area contributed by atoms with E-state index in [2.05, 4.69) is 78.3 Å². The van der Waals surface area contributed by atoms with Crippen LogP contribution in [0.3, 0.4) is 0 Å². The number of nitrogens with one attached hydrogen (secondary N) is 3. The fraction of sp³-hybridized carbons (Fsp3) is 0.925. The van der Waals surface area contributed by atoms with Crippen LogP contribution in [-0.2, 0) is 52.3 Å². The van der Waals surface area contributed by atoms with Gasteiger partial charge in [-0.1, -0.05) is 62.3 Å². The Morgan fingerprint density at radius 2 is 0.685 bits per heavy atom. The number of hydrogen-bond donors (Lipinski definition) is 3. The van der Waals surface area contributed by atoms with Crippen molar-refractivity contribution >= 4 is 17.7 Å². The van der Waals surface area contributed by atoms with Gasteiger partial charge in [-0.3, -0.25) is 14.4 Å². The van der Waals surface area contributed by atoms with Gasteiger partial charge in [-0.25, -0.2) is 0 Å². The van der Waals surface area contributed by atoms with E-state index < -0.39 is 6.04 Å². The molecule has 0 aliphatic carbocycles. The van der Waals surface area contributed by atoms with Gasteiger partial charge < -0.3 is 53.8 Å². The van der Waals surface area contributed by atoms with Crippen molar-refractivity contribution in [1.29, 1.82) is 0 Å². The SMILES string of the molecule is CC(C)(C)CCOCCNC(=O)CCOCC(COCCC(=O)NCCOCCC(C)(C)C)NC(=O)CCOCCOCCOCCOCCC(C)(C)C. The van der Waals surface area contributed by atoms with Crippen LogP contribution in [0.2, 0.25) is 0 Å². The summed E-state index contributed by atoms with van der Waals surface area (Å²) in [6, 6.07) is -0.469. The predicted molar refractivity (Wildman–Crippen MR) is 211 cm³/mol. The Balaban J connectivity index is 4.33. The molecule has 14 heteroatoms. The summed E-state index contributed by atoms with van der Waals surface area (Å²) in [7, 11) is 0. The molecule has 0 heterocycles. The highest BCUT2D eigenvalue weighted by Crippen LogP contribution is 2.19. The average Bonchev–Trinajstić information content (AvgIpc) is 3.06. The van der Waals surface area contributed by atoms with E-state index in [-0.39, 0.29) is 86.3 Å². The van der Waals surface area contributed by atoms with Gasteiger partial charge in [0.2, 0.25) is 17.7 Å². The fourth-order valence-corrected chi connectivity index (χ4v) is 4.18. The van der Waals surface area contributed by atoms with Gasteiger partial charge in [-0.15, -0.1) is 0 Å². The molecule has 0 saturated heterocycles. The molecule has 320 valence electrons. The molecule has 3 N–H and O–H groups in total. The molecule has 0 radical (unpaired) electrons.